The fraction of sp³-hybridized carbons (Fsp3) is 0.455. The first-order chi connectivity index (χ1) is 6.50. The molecule has 1 aromatic carbocycles. The van der Waals surface area contributed by atoms with Crippen LogP contribution in [-0.4, -0.2) is 6.04 Å². The molecule has 1 rings (SSSR count). The Bertz CT molecular complexity index is 310. The van der Waals surface area contributed by atoms with Gasteiger partial charge in [-0.2, -0.15) is 0 Å². The molecule has 3 heteroatoms. The number of hydrogen-bond acceptors (Lipinski definition) is 2. The van der Waals surface area contributed by atoms with Crippen molar-refractivity contribution in [2.24, 2.45) is 5.92 Å². The largest absolute Gasteiger partial charge is 0.399 e. The molecule has 1 unspecified atom stereocenters. The van der Waals surface area contributed by atoms with Crippen LogP contribution in [0, 0.1) is 5.92 Å². The van der Waals surface area contributed by atoms with E-state index in [0.29, 0.717) is 17.0 Å². The number of benzene rings is 1. The molecule has 0 radical (unpaired) electrons. The number of hydrogen-bond donors (Lipinski definition) is 2. The van der Waals surface area contributed by atoms with Gasteiger partial charge in [0, 0.05) is 11.7 Å². The van der Waals surface area contributed by atoms with Crippen LogP contribution in [0.25, 0.3) is 0 Å². The molecule has 0 heterocycles. The fourth-order valence-electron chi connectivity index (χ4n) is 1.07. The number of nitrogens with two attached hydrogens (primary N) is 1. The minimum Gasteiger partial charge on any atom is -0.399 e. The summed E-state index contributed by atoms with van der Waals surface area (Å²) in [5.74, 6) is 0.562. The predicted molar refractivity (Wildman–Crippen MR) is 63.8 cm³/mol. The van der Waals surface area contributed by atoms with Gasteiger partial charge >= 0.3 is 0 Å². The first kappa shape index (κ1) is 11.2. The van der Waals surface area contributed by atoms with Crippen molar-refractivity contribution in [2.45, 2.75) is 26.8 Å². The Labute approximate surface area is 90.4 Å². The maximum Gasteiger partial charge on any atom is 0.0639 e. The molecule has 0 saturated heterocycles. The van der Waals surface area contributed by atoms with Crippen molar-refractivity contribution in [3.8, 4) is 0 Å². The van der Waals surface area contributed by atoms with E-state index in [1.807, 2.05) is 12.1 Å². The summed E-state index contributed by atoms with van der Waals surface area (Å²) in [7, 11) is 0. The summed E-state index contributed by atoms with van der Waals surface area (Å²) in [6.07, 6.45) is 0. The van der Waals surface area contributed by atoms with Gasteiger partial charge in [0.05, 0.1) is 10.7 Å². The third-order valence-electron chi connectivity index (χ3n) is 2.37. The van der Waals surface area contributed by atoms with Gasteiger partial charge in [-0.15, -0.1) is 0 Å². The topological polar surface area (TPSA) is 38.0 Å². The zero-order valence-electron chi connectivity index (χ0n) is 8.84. The molecule has 0 amide bonds. The first-order valence-corrected chi connectivity index (χ1v) is 5.20. The second kappa shape index (κ2) is 4.56. The Hall–Kier alpha value is -0.890. The highest BCUT2D eigenvalue weighted by molar-refractivity contribution is 6.33. The molecule has 0 aliphatic heterocycles. The highest BCUT2D eigenvalue weighted by Gasteiger charge is 2.08. The van der Waals surface area contributed by atoms with E-state index >= 15 is 0 Å². The number of anilines is 2. The van der Waals surface area contributed by atoms with Crippen molar-refractivity contribution in [2.75, 3.05) is 11.1 Å². The molecule has 2 nitrogen and oxygen atoms in total. The van der Waals surface area contributed by atoms with Gasteiger partial charge in [-0.3, -0.25) is 0 Å². The molecule has 0 bridgehead atoms. The van der Waals surface area contributed by atoms with Crippen LogP contribution in [0.2, 0.25) is 5.02 Å². The molecule has 0 spiro atoms. The normalized spacial score (nSPS) is 12.9. The zero-order valence-corrected chi connectivity index (χ0v) is 9.60. The monoisotopic (exact) mass is 212 g/mol. The van der Waals surface area contributed by atoms with Crippen LogP contribution in [0.1, 0.15) is 20.8 Å². The number of rotatable bonds is 3. The van der Waals surface area contributed by atoms with Crippen molar-refractivity contribution in [3.05, 3.63) is 23.2 Å². The van der Waals surface area contributed by atoms with Crippen molar-refractivity contribution in [1.29, 1.82) is 0 Å². The van der Waals surface area contributed by atoms with E-state index in [1.54, 1.807) is 6.07 Å². The summed E-state index contributed by atoms with van der Waals surface area (Å²) in [6, 6.07) is 5.86. The van der Waals surface area contributed by atoms with Crippen LogP contribution in [0.15, 0.2) is 18.2 Å². The molecule has 0 aromatic heterocycles. The molecular formula is C11H17ClN2. The van der Waals surface area contributed by atoms with Gasteiger partial charge < -0.3 is 11.1 Å². The van der Waals surface area contributed by atoms with E-state index in [9.17, 15) is 0 Å². The minimum absolute atomic E-state index is 0.384. The predicted octanol–water partition coefficient (Wildman–Crippen LogP) is 3.38. The van der Waals surface area contributed by atoms with E-state index in [0.717, 1.165) is 11.4 Å². The highest BCUT2D eigenvalue weighted by Crippen LogP contribution is 2.25. The van der Waals surface area contributed by atoms with Crippen molar-refractivity contribution < 1.29 is 0 Å². The lowest BCUT2D eigenvalue weighted by Gasteiger charge is -2.19. The van der Waals surface area contributed by atoms with Crippen LogP contribution >= 0.6 is 11.6 Å². The SMILES string of the molecule is CC(C)C(C)Nc1cc(N)ccc1Cl. The van der Waals surface area contributed by atoms with Crippen LogP contribution in [0.5, 0.6) is 0 Å². The van der Waals surface area contributed by atoms with Gasteiger partial charge in [-0.05, 0) is 31.0 Å². The molecule has 3 N–H and O–H groups in total. The molecule has 0 aliphatic carbocycles. The van der Waals surface area contributed by atoms with Gasteiger partial charge in [0.2, 0.25) is 0 Å². The third kappa shape index (κ3) is 2.81. The van der Waals surface area contributed by atoms with Gasteiger partial charge in [-0.25, -0.2) is 0 Å². The molecule has 0 aliphatic rings. The fourth-order valence-corrected chi connectivity index (χ4v) is 1.24. The summed E-state index contributed by atoms with van der Waals surface area (Å²) < 4.78 is 0. The zero-order chi connectivity index (χ0) is 10.7. The van der Waals surface area contributed by atoms with Gasteiger partial charge in [-0.1, -0.05) is 25.4 Å². The maximum absolute atomic E-state index is 6.03. The number of halogens is 1. The Morgan fingerprint density at radius 3 is 2.50 bits per heavy atom. The van der Waals surface area contributed by atoms with Gasteiger partial charge in [0.25, 0.3) is 0 Å². The molecule has 14 heavy (non-hydrogen) atoms. The van der Waals surface area contributed by atoms with E-state index in [2.05, 4.69) is 26.1 Å². The average molecular weight is 213 g/mol. The lowest BCUT2D eigenvalue weighted by Crippen LogP contribution is -2.21. The molecule has 1 aromatic rings. The van der Waals surface area contributed by atoms with Crippen LogP contribution in [0.4, 0.5) is 11.4 Å². The highest BCUT2D eigenvalue weighted by atomic mass is 35.5. The van der Waals surface area contributed by atoms with Crippen molar-refractivity contribution in [3.63, 3.8) is 0 Å². The maximum atomic E-state index is 6.03. The van der Waals surface area contributed by atoms with Crippen LogP contribution in [0.3, 0.4) is 0 Å². The van der Waals surface area contributed by atoms with E-state index < -0.39 is 0 Å². The lowest BCUT2D eigenvalue weighted by molar-refractivity contribution is 0.560. The second-order valence-corrected chi connectivity index (χ2v) is 4.32. The van der Waals surface area contributed by atoms with Crippen LogP contribution < -0.4 is 11.1 Å². The van der Waals surface area contributed by atoms with Crippen molar-refractivity contribution in [1.82, 2.24) is 0 Å². The smallest absolute Gasteiger partial charge is 0.0639 e. The number of nitrogen functional groups attached to an aromatic ring is 1. The molecule has 0 fully saturated rings. The Morgan fingerprint density at radius 2 is 1.93 bits per heavy atom. The Morgan fingerprint density at radius 1 is 1.29 bits per heavy atom. The average Bonchev–Trinajstić information content (AvgIpc) is 2.11. The standard InChI is InChI=1S/C11H17ClN2/c1-7(2)8(3)14-11-6-9(13)4-5-10(11)12/h4-8,14H,13H2,1-3H3. The summed E-state index contributed by atoms with van der Waals surface area (Å²) in [6.45, 7) is 6.46. The molecular weight excluding hydrogens is 196 g/mol. The van der Waals surface area contributed by atoms with E-state index in [4.69, 9.17) is 17.3 Å². The summed E-state index contributed by atoms with van der Waals surface area (Å²) in [5, 5.41) is 4.05. The number of nitrogens with one attached hydrogen (secondary N) is 1. The van der Waals surface area contributed by atoms with Gasteiger partial charge in [0.15, 0.2) is 0 Å². The molecule has 1 atom stereocenters. The summed E-state index contributed by atoms with van der Waals surface area (Å²) in [4.78, 5) is 0. The Balaban J connectivity index is 2.80. The second-order valence-electron chi connectivity index (χ2n) is 3.92. The summed E-state index contributed by atoms with van der Waals surface area (Å²) in [5.41, 5.74) is 7.32. The minimum atomic E-state index is 0.384. The molecule has 0 saturated carbocycles. The van der Waals surface area contributed by atoms with E-state index in [-0.39, 0.29) is 0 Å². The quantitative estimate of drug-likeness (QED) is 0.754. The lowest BCUT2D eigenvalue weighted by atomic mass is 10.1. The van der Waals surface area contributed by atoms with Crippen molar-refractivity contribution >= 4 is 23.0 Å². The van der Waals surface area contributed by atoms with E-state index in [1.165, 1.54) is 0 Å². The van der Waals surface area contributed by atoms with Crippen LogP contribution in [-0.2, 0) is 0 Å². The summed E-state index contributed by atoms with van der Waals surface area (Å²) >= 11 is 6.03. The third-order valence-corrected chi connectivity index (χ3v) is 2.70. The first-order valence-electron chi connectivity index (χ1n) is 4.82. The van der Waals surface area contributed by atoms with Gasteiger partial charge in [0.1, 0.15) is 0 Å². The Kier molecular flexibility index (Phi) is 3.64. The molecule has 78 valence electrons.